The van der Waals surface area contributed by atoms with E-state index in [1.807, 2.05) is 12.1 Å². The summed E-state index contributed by atoms with van der Waals surface area (Å²) in [5, 5.41) is 10.4. The number of carbonyl (C=O) groups excluding carboxylic acids is 1. The van der Waals surface area contributed by atoms with Crippen LogP contribution in [0.4, 0.5) is 0 Å². The lowest BCUT2D eigenvalue weighted by atomic mass is 9.55. The van der Waals surface area contributed by atoms with Crippen molar-refractivity contribution in [3.63, 3.8) is 0 Å². The fourth-order valence-corrected chi connectivity index (χ4v) is 5.33. The summed E-state index contributed by atoms with van der Waals surface area (Å²) in [6.07, 6.45) is 4.76. The number of hydrogen-bond donors (Lipinski definition) is 1. The predicted octanol–water partition coefficient (Wildman–Crippen LogP) is 3.54. The fraction of sp³-hybridized carbons (Fsp3) is 0.611. The quantitative estimate of drug-likeness (QED) is 0.783. The summed E-state index contributed by atoms with van der Waals surface area (Å²) in [5.74, 6) is 1.82. The van der Waals surface area contributed by atoms with Gasteiger partial charge in [-0.15, -0.1) is 0 Å². The highest BCUT2D eigenvalue weighted by atomic mass is 16.3. The molecule has 106 valence electrons. The normalized spacial score (nSPS) is 42.8. The van der Waals surface area contributed by atoms with Crippen molar-refractivity contribution in [3.8, 4) is 0 Å². The van der Waals surface area contributed by atoms with Crippen LogP contribution in [-0.4, -0.2) is 17.0 Å². The topological polar surface area (TPSA) is 37.3 Å². The van der Waals surface area contributed by atoms with Gasteiger partial charge < -0.3 is 5.11 Å². The minimum atomic E-state index is -0.166. The second-order valence-electron chi connectivity index (χ2n) is 7.23. The molecular formula is C18H22O2. The molecule has 1 aromatic rings. The number of fused-ring (bicyclic) bond motifs is 5. The first-order valence-corrected chi connectivity index (χ1v) is 7.91. The van der Waals surface area contributed by atoms with E-state index in [4.69, 9.17) is 0 Å². The molecule has 3 aliphatic carbocycles. The maximum Gasteiger partial charge on any atom is 0.163 e. The van der Waals surface area contributed by atoms with Gasteiger partial charge in [-0.25, -0.2) is 0 Å². The van der Waals surface area contributed by atoms with Crippen LogP contribution in [0.1, 0.15) is 60.9 Å². The third kappa shape index (κ3) is 1.52. The van der Waals surface area contributed by atoms with Crippen LogP contribution in [0.2, 0.25) is 0 Å². The summed E-state index contributed by atoms with van der Waals surface area (Å²) in [4.78, 5) is 12.5. The second-order valence-corrected chi connectivity index (χ2v) is 7.23. The number of ketones is 1. The van der Waals surface area contributed by atoms with E-state index in [0.717, 1.165) is 31.2 Å². The standard InChI is InChI=1S/C18H22O2/c1-18-9-8-12-11-4-2-3-5-13(11)16(19)10-14(12)15(18)6-7-17(18)20/h2-5,12,14-15,17,20H,6-10H2,1H3/t12-,14-,15+,17+,18+/m1/s1. The Hall–Kier alpha value is -1.15. The third-order valence-electron chi connectivity index (χ3n) is 6.47. The molecule has 0 amide bonds. The summed E-state index contributed by atoms with van der Waals surface area (Å²) >= 11 is 0. The Labute approximate surface area is 120 Å². The third-order valence-corrected chi connectivity index (χ3v) is 6.47. The van der Waals surface area contributed by atoms with Crippen molar-refractivity contribution in [3.05, 3.63) is 35.4 Å². The Morgan fingerprint density at radius 2 is 2.00 bits per heavy atom. The lowest BCUT2D eigenvalue weighted by Gasteiger charge is -2.49. The van der Waals surface area contributed by atoms with Crippen LogP contribution in [0.5, 0.6) is 0 Å². The highest BCUT2D eigenvalue weighted by molar-refractivity contribution is 5.99. The van der Waals surface area contributed by atoms with Gasteiger partial charge in [0.2, 0.25) is 0 Å². The van der Waals surface area contributed by atoms with E-state index in [1.165, 1.54) is 5.56 Å². The summed E-state index contributed by atoms with van der Waals surface area (Å²) in [7, 11) is 0. The molecule has 1 N–H and O–H groups in total. The minimum absolute atomic E-state index is 0.0493. The van der Waals surface area contributed by atoms with Gasteiger partial charge in [0.25, 0.3) is 0 Å². The first-order valence-electron chi connectivity index (χ1n) is 7.91. The minimum Gasteiger partial charge on any atom is -0.393 e. The Morgan fingerprint density at radius 3 is 2.85 bits per heavy atom. The molecule has 2 nitrogen and oxygen atoms in total. The molecule has 3 aliphatic rings. The Bertz CT molecular complexity index is 564. The van der Waals surface area contributed by atoms with Gasteiger partial charge in [-0.1, -0.05) is 31.2 Å². The van der Waals surface area contributed by atoms with Crippen LogP contribution in [0, 0.1) is 17.3 Å². The maximum atomic E-state index is 12.5. The van der Waals surface area contributed by atoms with Crippen LogP contribution in [0.15, 0.2) is 24.3 Å². The molecule has 0 bridgehead atoms. The molecule has 2 heteroatoms. The molecule has 4 rings (SSSR count). The van der Waals surface area contributed by atoms with Crippen molar-refractivity contribution in [2.75, 3.05) is 0 Å². The number of carbonyl (C=O) groups is 1. The number of rotatable bonds is 0. The second kappa shape index (κ2) is 4.17. The number of benzene rings is 1. The smallest absolute Gasteiger partial charge is 0.163 e. The Morgan fingerprint density at radius 1 is 1.20 bits per heavy atom. The van der Waals surface area contributed by atoms with Crippen molar-refractivity contribution in [1.29, 1.82) is 0 Å². The zero-order valence-electron chi connectivity index (χ0n) is 12.0. The summed E-state index contributed by atoms with van der Waals surface area (Å²) in [6, 6.07) is 8.18. The van der Waals surface area contributed by atoms with Crippen LogP contribution in [-0.2, 0) is 0 Å². The van der Waals surface area contributed by atoms with Crippen molar-refractivity contribution >= 4 is 5.78 Å². The van der Waals surface area contributed by atoms with Crippen molar-refractivity contribution in [2.45, 2.75) is 51.0 Å². The van der Waals surface area contributed by atoms with Gasteiger partial charge in [0.1, 0.15) is 0 Å². The molecule has 0 saturated heterocycles. The van der Waals surface area contributed by atoms with Gasteiger partial charge in [0.15, 0.2) is 5.78 Å². The monoisotopic (exact) mass is 270 g/mol. The summed E-state index contributed by atoms with van der Waals surface area (Å²) < 4.78 is 0. The summed E-state index contributed by atoms with van der Waals surface area (Å²) in [5.41, 5.74) is 2.28. The molecule has 0 aliphatic heterocycles. The molecule has 20 heavy (non-hydrogen) atoms. The molecule has 0 aromatic heterocycles. The van der Waals surface area contributed by atoms with Gasteiger partial charge in [0.05, 0.1) is 6.10 Å². The SMILES string of the molecule is C[C@]12CC[C@@H]3c4ccccc4C(=O)C[C@H]3[C@@H]1CC[C@@H]2O. The fourth-order valence-electron chi connectivity index (χ4n) is 5.33. The Kier molecular flexibility index (Phi) is 2.62. The maximum absolute atomic E-state index is 12.5. The van der Waals surface area contributed by atoms with E-state index in [0.29, 0.717) is 30.0 Å². The van der Waals surface area contributed by atoms with Crippen molar-refractivity contribution < 1.29 is 9.90 Å². The number of hydrogen-bond acceptors (Lipinski definition) is 2. The van der Waals surface area contributed by atoms with Gasteiger partial charge >= 0.3 is 0 Å². The highest BCUT2D eigenvalue weighted by Crippen LogP contribution is 2.60. The van der Waals surface area contributed by atoms with E-state index in [1.54, 1.807) is 0 Å². The average Bonchev–Trinajstić information content (AvgIpc) is 2.76. The van der Waals surface area contributed by atoms with Gasteiger partial charge in [-0.05, 0) is 54.4 Å². The molecule has 2 saturated carbocycles. The van der Waals surface area contributed by atoms with Crippen LogP contribution < -0.4 is 0 Å². The van der Waals surface area contributed by atoms with E-state index in [9.17, 15) is 9.90 Å². The number of Topliss-reactive ketones (excluding diaryl/α,β-unsaturated/α-hetero) is 1. The van der Waals surface area contributed by atoms with Crippen molar-refractivity contribution in [1.82, 2.24) is 0 Å². The zero-order valence-corrected chi connectivity index (χ0v) is 12.0. The highest BCUT2D eigenvalue weighted by Gasteiger charge is 2.55. The summed E-state index contributed by atoms with van der Waals surface area (Å²) in [6.45, 7) is 2.25. The Balaban J connectivity index is 1.77. The molecular weight excluding hydrogens is 248 g/mol. The zero-order chi connectivity index (χ0) is 13.9. The van der Waals surface area contributed by atoms with E-state index in [2.05, 4.69) is 19.1 Å². The van der Waals surface area contributed by atoms with E-state index >= 15 is 0 Å². The van der Waals surface area contributed by atoms with E-state index in [-0.39, 0.29) is 11.5 Å². The number of aliphatic hydroxyl groups is 1. The molecule has 0 heterocycles. The first-order chi connectivity index (χ1) is 9.61. The van der Waals surface area contributed by atoms with Gasteiger partial charge in [-0.3, -0.25) is 4.79 Å². The van der Waals surface area contributed by atoms with Gasteiger partial charge in [-0.2, -0.15) is 0 Å². The lowest BCUT2D eigenvalue weighted by Crippen LogP contribution is -2.44. The number of aliphatic hydroxyl groups excluding tert-OH is 1. The lowest BCUT2D eigenvalue weighted by molar-refractivity contribution is -0.0208. The van der Waals surface area contributed by atoms with E-state index < -0.39 is 0 Å². The predicted molar refractivity (Wildman–Crippen MR) is 77.7 cm³/mol. The molecule has 5 atom stereocenters. The molecule has 0 radical (unpaired) electrons. The van der Waals surface area contributed by atoms with Crippen molar-refractivity contribution in [2.24, 2.45) is 17.3 Å². The molecule has 1 aromatic carbocycles. The largest absolute Gasteiger partial charge is 0.393 e. The molecule has 0 spiro atoms. The average molecular weight is 270 g/mol. The van der Waals surface area contributed by atoms with Crippen LogP contribution in [0.25, 0.3) is 0 Å². The van der Waals surface area contributed by atoms with Gasteiger partial charge in [0, 0.05) is 12.0 Å². The molecule has 0 unspecified atom stereocenters. The molecule has 2 fully saturated rings. The first kappa shape index (κ1) is 12.6. The van der Waals surface area contributed by atoms with Crippen LogP contribution in [0.3, 0.4) is 0 Å². The van der Waals surface area contributed by atoms with Crippen LogP contribution >= 0.6 is 0 Å².